The van der Waals surface area contributed by atoms with E-state index < -0.39 is 5.41 Å². The van der Waals surface area contributed by atoms with Gasteiger partial charge < -0.3 is 14.4 Å². The highest BCUT2D eigenvalue weighted by molar-refractivity contribution is 5.79. The highest BCUT2D eigenvalue weighted by atomic mass is 16.5. The molecule has 1 saturated carbocycles. The minimum Gasteiger partial charge on any atom is -0.466 e. The summed E-state index contributed by atoms with van der Waals surface area (Å²) in [6, 6.07) is 0.556. The molecule has 31 heavy (non-hydrogen) atoms. The lowest BCUT2D eigenvalue weighted by atomic mass is 9.61. The lowest BCUT2D eigenvalue weighted by molar-refractivity contribution is -0.164. The van der Waals surface area contributed by atoms with Crippen molar-refractivity contribution < 1.29 is 14.3 Å². The van der Waals surface area contributed by atoms with E-state index in [0.717, 1.165) is 83.0 Å². The fraction of sp³-hybridized carbons (Fsp3) is 0.792. The number of ether oxygens (including phenoxy) is 2. The molecule has 0 spiro atoms. The minimum atomic E-state index is -0.431. The molecule has 1 aromatic heterocycles. The molecule has 3 fully saturated rings. The van der Waals surface area contributed by atoms with Crippen LogP contribution in [0, 0.1) is 18.3 Å². The smallest absolute Gasteiger partial charge is 0.314 e. The largest absolute Gasteiger partial charge is 0.466 e. The van der Waals surface area contributed by atoms with Crippen LogP contribution in [0.4, 0.5) is 5.82 Å². The Bertz CT molecular complexity index is 767. The number of hydrogen-bond donors (Lipinski definition) is 0. The standard InChI is InChI=1S/C24H38N4O3/c1-4-6-19-16-25-18(3)26-22(19)28-10-8-20-15-21(27-11-13-30-14-12-27)7-9-24(20,17-28)23(29)31-5-2/h16,20-21H,4-15,17H2,1-3H3/t20-,21?,24-/m1/s1. The molecule has 0 N–H and O–H groups in total. The first kappa shape index (κ1) is 22.5. The Kier molecular flexibility index (Phi) is 7.12. The quantitative estimate of drug-likeness (QED) is 0.643. The first-order valence-electron chi connectivity index (χ1n) is 12.1. The van der Waals surface area contributed by atoms with Crippen LogP contribution in [0.3, 0.4) is 0 Å². The zero-order chi connectivity index (χ0) is 21.8. The van der Waals surface area contributed by atoms with Gasteiger partial charge in [-0.2, -0.15) is 0 Å². The van der Waals surface area contributed by atoms with E-state index in [0.29, 0.717) is 25.1 Å². The summed E-state index contributed by atoms with van der Waals surface area (Å²) in [4.78, 5) is 27.6. The number of anilines is 1. The maximum atomic E-state index is 13.4. The normalized spacial score (nSPS) is 29.5. The van der Waals surface area contributed by atoms with Crippen LogP contribution < -0.4 is 4.90 Å². The van der Waals surface area contributed by atoms with Crippen LogP contribution in [-0.4, -0.2) is 72.9 Å². The summed E-state index contributed by atoms with van der Waals surface area (Å²) in [5.74, 6) is 2.17. The monoisotopic (exact) mass is 430 g/mol. The van der Waals surface area contributed by atoms with Gasteiger partial charge in [0.1, 0.15) is 11.6 Å². The van der Waals surface area contributed by atoms with E-state index in [1.807, 2.05) is 20.0 Å². The maximum Gasteiger partial charge on any atom is 0.314 e. The summed E-state index contributed by atoms with van der Waals surface area (Å²) < 4.78 is 11.2. The molecule has 0 aromatic carbocycles. The average molecular weight is 431 g/mol. The maximum absolute atomic E-state index is 13.4. The summed E-state index contributed by atoms with van der Waals surface area (Å²) in [5, 5.41) is 0. The molecule has 0 amide bonds. The fourth-order valence-electron chi connectivity index (χ4n) is 5.90. The molecule has 1 aromatic rings. The fourth-order valence-corrected chi connectivity index (χ4v) is 5.90. The van der Waals surface area contributed by atoms with Gasteiger partial charge in [-0.3, -0.25) is 9.69 Å². The molecule has 1 unspecified atom stereocenters. The van der Waals surface area contributed by atoms with Gasteiger partial charge in [0, 0.05) is 44.0 Å². The molecule has 172 valence electrons. The van der Waals surface area contributed by atoms with Crippen molar-refractivity contribution >= 4 is 11.8 Å². The minimum absolute atomic E-state index is 0.00653. The molecular weight excluding hydrogens is 392 g/mol. The summed E-state index contributed by atoms with van der Waals surface area (Å²) in [6.45, 7) is 11.8. The number of hydrogen-bond acceptors (Lipinski definition) is 7. The van der Waals surface area contributed by atoms with Crippen molar-refractivity contribution in [3.05, 3.63) is 17.6 Å². The Morgan fingerprint density at radius 2 is 2.06 bits per heavy atom. The number of carbonyl (C=O) groups excluding carboxylic acids is 1. The molecule has 0 radical (unpaired) electrons. The highest BCUT2D eigenvalue weighted by Crippen LogP contribution is 2.49. The van der Waals surface area contributed by atoms with Crippen LogP contribution in [-0.2, 0) is 20.7 Å². The highest BCUT2D eigenvalue weighted by Gasteiger charge is 2.54. The molecular formula is C24H38N4O3. The van der Waals surface area contributed by atoms with E-state index in [1.165, 1.54) is 5.56 Å². The topological polar surface area (TPSA) is 67.8 Å². The molecule has 2 saturated heterocycles. The first-order valence-corrected chi connectivity index (χ1v) is 12.1. The van der Waals surface area contributed by atoms with Crippen LogP contribution >= 0.6 is 0 Å². The molecule has 3 atom stereocenters. The third-order valence-corrected chi connectivity index (χ3v) is 7.51. The van der Waals surface area contributed by atoms with Gasteiger partial charge >= 0.3 is 5.97 Å². The van der Waals surface area contributed by atoms with Gasteiger partial charge in [0.25, 0.3) is 0 Å². The lowest BCUT2D eigenvalue weighted by Gasteiger charge is -2.53. The lowest BCUT2D eigenvalue weighted by Crippen LogP contribution is -2.59. The average Bonchev–Trinajstić information content (AvgIpc) is 2.80. The second kappa shape index (κ2) is 9.82. The summed E-state index contributed by atoms with van der Waals surface area (Å²) >= 11 is 0. The summed E-state index contributed by atoms with van der Waals surface area (Å²) in [5.41, 5.74) is 0.756. The van der Waals surface area contributed by atoms with Crippen molar-refractivity contribution in [1.29, 1.82) is 0 Å². The van der Waals surface area contributed by atoms with E-state index in [-0.39, 0.29) is 5.97 Å². The van der Waals surface area contributed by atoms with Crippen molar-refractivity contribution in [1.82, 2.24) is 14.9 Å². The third kappa shape index (κ3) is 4.58. The Labute approximate surface area is 186 Å². The molecule has 7 nitrogen and oxygen atoms in total. The number of aryl methyl sites for hydroxylation is 2. The van der Waals surface area contributed by atoms with Gasteiger partial charge in [-0.25, -0.2) is 9.97 Å². The molecule has 7 heteroatoms. The van der Waals surface area contributed by atoms with Gasteiger partial charge in [-0.1, -0.05) is 13.3 Å². The van der Waals surface area contributed by atoms with Crippen LogP contribution in [0.15, 0.2) is 6.20 Å². The van der Waals surface area contributed by atoms with Gasteiger partial charge in [0.15, 0.2) is 0 Å². The molecule has 3 heterocycles. The zero-order valence-corrected chi connectivity index (χ0v) is 19.4. The molecule has 1 aliphatic carbocycles. The summed E-state index contributed by atoms with van der Waals surface area (Å²) in [6.07, 6.45) is 8.02. The second-order valence-electron chi connectivity index (χ2n) is 9.38. The third-order valence-electron chi connectivity index (χ3n) is 7.51. The number of nitrogens with zero attached hydrogens (tertiary/aromatic N) is 4. The van der Waals surface area contributed by atoms with Crippen LogP contribution in [0.1, 0.15) is 57.3 Å². The van der Waals surface area contributed by atoms with Crippen LogP contribution in [0.25, 0.3) is 0 Å². The van der Waals surface area contributed by atoms with Gasteiger partial charge in [0.05, 0.1) is 25.2 Å². The van der Waals surface area contributed by atoms with E-state index in [9.17, 15) is 4.79 Å². The number of aromatic nitrogens is 2. The number of fused-ring (bicyclic) bond motifs is 1. The van der Waals surface area contributed by atoms with Crippen molar-refractivity contribution in [2.75, 3.05) is 50.9 Å². The Hall–Kier alpha value is -1.73. The molecule has 2 aliphatic heterocycles. The van der Waals surface area contributed by atoms with E-state index in [2.05, 4.69) is 21.7 Å². The van der Waals surface area contributed by atoms with E-state index >= 15 is 0 Å². The van der Waals surface area contributed by atoms with Gasteiger partial charge in [-0.05, 0) is 51.9 Å². The Morgan fingerprint density at radius 1 is 1.26 bits per heavy atom. The number of piperidine rings is 1. The van der Waals surface area contributed by atoms with E-state index in [4.69, 9.17) is 14.5 Å². The van der Waals surface area contributed by atoms with Crippen molar-refractivity contribution in [2.45, 2.75) is 65.3 Å². The van der Waals surface area contributed by atoms with Gasteiger partial charge in [0.2, 0.25) is 0 Å². The predicted molar refractivity (Wildman–Crippen MR) is 120 cm³/mol. The van der Waals surface area contributed by atoms with Gasteiger partial charge in [-0.15, -0.1) is 0 Å². The second-order valence-corrected chi connectivity index (χ2v) is 9.38. The van der Waals surface area contributed by atoms with Crippen LogP contribution in [0.5, 0.6) is 0 Å². The number of morpholine rings is 1. The SMILES string of the molecule is CCCc1cnc(C)nc1N1CC[C@@H]2CC(N3CCOCC3)CC[C@@]2(C(=O)OCC)C1. The van der Waals surface area contributed by atoms with Crippen LogP contribution in [0.2, 0.25) is 0 Å². The Morgan fingerprint density at radius 3 is 2.81 bits per heavy atom. The molecule has 4 rings (SSSR count). The van der Waals surface area contributed by atoms with Crippen molar-refractivity contribution in [2.24, 2.45) is 11.3 Å². The summed E-state index contributed by atoms with van der Waals surface area (Å²) in [7, 11) is 0. The molecule has 3 aliphatic rings. The number of carbonyl (C=O) groups is 1. The zero-order valence-electron chi connectivity index (χ0n) is 19.4. The first-order chi connectivity index (χ1) is 15.1. The van der Waals surface area contributed by atoms with Crippen molar-refractivity contribution in [3.8, 4) is 0 Å². The van der Waals surface area contributed by atoms with Crippen molar-refractivity contribution in [3.63, 3.8) is 0 Å². The predicted octanol–water partition coefficient (Wildman–Crippen LogP) is 3.00. The number of esters is 1. The number of rotatable bonds is 6. The Balaban J connectivity index is 1.58. The van der Waals surface area contributed by atoms with E-state index in [1.54, 1.807) is 0 Å². The molecule has 0 bridgehead atoms.